The molecule has 2 rings (SSSR count). The van der Waals surface area contributed by atoms with Crippen LogP contribution in [0.3, 0.4) is 0 Å². The lowest BCUT2D eigenvalue weighted by Gasteiger charge is -2.32. The van der Waals surface area contributed by atoms with E-state index in [1.807, 2.05) is 24.3 Å². The average Bonchev–Trinajstić information content (AvgIpc) is 2.54. The molecule has 1 aromatic rings. The fourth-order valence-corrected chi connectivity index (χ4v) is 2.90. The van der Waals surface area contributed by atoms with E-state index in [4.69, 9.17) is 5.73 Å². The predicted molar refractivity (Wildman–Crippen MR) is 95.3 cm³/mol. The number of benzene rings is 1. The number of nitrogens with zero attached hydrogens (tertiary/aromatic N) is 2. The van der Waals surface area contributed by atoms with Crippen molar-refractivity contribution in [3.8, 4) is 0 Å². The Labute approximate surface area is 139 Å². The second-order valence-corrected chi connectivity index (χ2v) is 6.81. The molecule has 5 heteroatoms. The van der Waals surface area contributed by atoms with Gasteiger partial charge < -0.3 is 20.9 Å². The Balaban J connectivity index is 1.63. The number of rotatable bonds is 7. The molecule has 0 bridgehead atoms. The molecule has 0 aliphatic carbocycles. The first-order valence-electron chi connectivity index (χ1n) is 8.51. The van der Waals surface area contributed by atoms with Crippen molar-refractivity contribution in [2.75, 3.05) is 52.6 Å². The number of piperidine rings is 1. The molecule has 5 nitrogen and oxygen atoms in total. The minimum atomic E-state index is 0.102. The first-order valence-corrected chi connectivity index (χ1v) is 8.51. The Morgan fingerprint density at radius 3 is 2.52 bits per heavy atom. The zero-order valence-corrected chi connectivity index (χ0v) is 14.4. The molecule has 1 amide bonds. The van der Waals surface area contributed by atoms with Crippen molar-refractivity contribution in [3.63, 3.8) is 0 Å². The summed E-state index contributed by atoms with van der Waals surface area (Å²) in [7, 11) is 4.23. The molecule has 0 aromatic heterocycles. The molecule has 0 unspecified atom stereocenters. The third kappa shape index (κ3) is 6.59. The minimum Gasteiger partial charge on any atom is -0.399 e. The van der Waals surface area contributed by atoms with E-state index in [1.165, 1.54) is 12.8 Å². The molecule has 3 N–H and O–H groups in total. The van der Waals surface area contributed by atoms with Crippen LogP contribution in [0.5, 0.6) is 0 Å². The van der Waals surface area contributed by atoms with Crippen molar-refractivity contribution in [1.82, 2.24) is 15.1 Å². The lowest BCUT2D eigenvalue weighted by molar-refractivity contribution is -0.120. The Morgan fingerprint density at radius 1 is 1.26 bits per heavy atom. The first kappa shape index (κ1) is 17.8. The van der Waals surface area contributed by atoms with Gasteiger partial charge in [0.2, 0.25) is 5.91 Å². The molecule has 0 saturated carbocycles. The molecule has 0 atom stereocenters. The van der Waals surface area contributed by atoms with Gasteiger partial charge in [-0.2, -0.15) is 0 Å². The maximum Gasteiger partial charge on any atom is 0.224 e. The Kier molecular flexibility index (Phi) is 6.86. The Bertz CT molecular complexity index is 478. The number of likely N-dealkylation sites (N-methyl/N-ethyl adjacent to an activating group) is 1. The number of carbonyl (C=O) groups excluding carboxylic acids is 1. The van der Waals surface area contributed by atoms with Gasteiger partial charge in [-0.25, -0.2) is 0 Å². The summed E-state index contributed by atoms with van der Waals surface area (Å²) in [4.78, 5) is 16.8. The highest BCUT2D eigenvalue weighted by atomic mass is 16.1. The fraction of sp³-hybridized carbons (Fsp3) is 0.611. The molecular formula is C18H30N4O. The second kappa shape index (κ2) is 8.89. The molecular weight excluding hydrogens is 288 g/mol. The lowest BCUT2D eigenvalue weighted by atomic mass is 9.96. The maximum atomic E-state index is 12.0. The van der Waals surface area contributed by atoms with Gasteiger partial charge in [-0.15, -0.1) is 0 Å². The topological polar surface area (TPSA) is 61.6 Å². The summed E-state index contributed by atoms with van der Waals surface area (Å²) < 4.78 is 0. The number of nitrogen functional groups attached to an aromatic ring is 1. The largest absolute Gasteiger partial charge is 0.399 e. The van der Waals surface area contributed by atoms with Crippen molar-refractivity contribution < 1.29 is 4.79 Å². The fourth-order valence-electron chi connectivity index (χ4n) is 2.90. The normalized spacial score (nSPS) is 16.7. The summed E-state index contributed by atoms with van der Waals surface area (Å²) in [6.45, 7) is 5.35. The summed E-state index contributed by atoms with van der Waals surface area (Å²) in [6, 6.07) is 7.51. The maximum absolute atomic E-state index is 12.0. The van der Waals surface area contributed by atoms with E-state index in [9.17, 15) is 4.79 Å². The molecule has 1 heterocycles. The monoisotopic (exact) mass is 318 g/mol. The molecule has 128 valence electrons. The van der Waals surface area contributed by atoms with Gasteiger partial charge in [0.1, 0.15) is 0 Å². The van der Waals surface area contributed by atoms with Crippen molar-refractivity contribution in [1.29, 1.82) is 0 Å². The van der Waals surface area contributed by atoms with Crippen LogP contribution in [0.1, 0.15) is 18.4 Å². The van der Waals surface area contributed by atoms with Crippen molar-refractivity contribution in [3.05, 3.63) is 29.8 Å². The third-order valence-corrected chi connectivity index (χ3v) is 4.50. The van der Waals surface area contributed by atoms with Gasteiger partial charge in [0, 0.05) is 25.3 Å². The summed E-state index contributed by atoms with van der Waals surface area (Å²) in [5.41, 5.74) is 7.40. The first-order chi connectivity index (χ1) is 11.0. The van der Waals surface area contributed by atoms with Crippen LogP contribution in [0, 0.1) is 5.92 Å². The van der Waals surface area contributed by atoms with Gasteiger partial charge >= 0.3 is 0 Å². The van der Waals surface area contributed by atoms with E-state index in [-0.39, 0.29) is 5.91 Å². The van der Waals surface area contributed by atoms with E-state index in [1.54, 1.807) is 0 Å². The molecule has 0 radical (unpaired) electrons. The summed E-state index contributed by atoms with van der Waals surface area (Å²) >= 11 is 0. The third-order valence-electron chi connectivity index (χ3n) is 4.50. The second-order valence-electron chi connectivity index (χ2n) is 6.81. The molecule has 1 fully saturated rings. The van der Waals surface area contributed by atoms with Crippen LogP contribution >= 0.6 is 0 Å². The van der Waals surface area contributed by atoms with Gasteiger partial charge in [0.05, 0.1) is 6.42 Å². The zero-order valence-electron chi connectivity index (χ0n) is 14.4. The van der Waals surface area contributed by atoms with Crippen molar-refractivity contribution in [2.45, 2.75) is 19.3 Å². The molecule has 1 aliphatic rings. The molecule has 23 heavy (non-hydrogen) atoms. The van der Waals surface area contributed by atoms with Crippen LogP contribution < -0.4 is 11.1 Å². The number of hydrogen-bond acceptors (Lipinski definition) is 4. The smallest absolute Gasteiger partial charge is 0.224 e. The van der Waals surface area contributed by atoms with E-state index in [0.29, 0.717) is 12.3 Å². The highest BCUT2D eigenvalue weighted by Crippen LogP contribution is 2.16. The van der Waals surface area contributed by atoms with Crippen molar-refractivity contribution in [2.24, 2.45) is 5.92 Å². The quantitative estimate of drug-likeness (QED) is 0.742. The molecule has 1 aromatic carbocycles. The highest BCUT2D eigenvalue weighted by Gasteiger charge is 2.19. The molecule has 0 spiro atoms. The zero-order chi connectivity index (χ0) is 16.7. The number of likely N-dealkylation sites (tertiary alicyclic amines) is 1. The molecule has 1 saturated heterocycles. The van der Waals surface area contributed by atoms with Gasteiger partial charge in [0.15, 0.2) is 0 Å². The molecule has 1 aliphatic heterocycles. The standard InChI is InChI=1S/C18H30N4O/c1-21(2)11-12-22-9-7-16(8-10-22)14-20-18(23)13-15-3-5-17(19)6-4-15/h3-6,16H,7-14,19H2,1-2H3,(H,20,23). The van der Waals surface area contributed by atoms with Crippen LogP contribution in [-0.2, 0) is 11.2 Å². The van der Waals surface area contributed by atoms with Gasteiger partial charge in [-0.05, 0) is 63.6 Å². The SMILES string of the molecule is CN(C)CCN1CCC(CNC(=O)Cc2ccc(N)cc2)CC1. The Morgan fingerprint density at radius 2 is 1.91 bits per heavy atom. The summed E-state index contributed by atoms with van der Waals surface area (Å²) in [6.07, 6.45) is 2.78. The van der Waals surface area contributed by atoms with Gasteiger partial charge in [-0.1, -0.05) is 12.1 Å². The Hall–Kier alpha value is -1.59. The van der Waals surface area contributed by atoms with Crippen LogP contribution in [0.2, 0.25) is 0 Å². The number of carbonyl (C=O) groups is 1. The van der Waals surface area contributed by atoms with Crippen LogP contribution in [0.25, 0.3) is 0 Å². The lowest BCUT2D eigenvalue weighted by Crippen LogP contribution is -2.41. The van der Waals surface area contributed by atoms with Gasteiger partial charge in [-0.3, -0.25) is 4.79 Å². The number of hydrogen-bond donors (Lipinski definition) is 2. The van der Waals surface area contributed by atoms with Crippen LogP contribution in [0.15, 0.2) is 24.3 Å². The van der Waals surface area contributed by atoms with Crippen molar-refractivity contribution >= 4 is 11.6 Å². The van der Waals surface area contributed by atoms with Crippen LogP contribution in [0.4, 0.5) is 5.69 Å². The summed E-state index contributed by atoms with van der Waals surface area (Å²) in [5.74, 6) is 0.714. The van der Waals surface area contributed by atoms with E-state index in [0.717, 1.165) is 44.0 Å². The number of amides is 1. The van der Waals surface area contributed by atoms with E-state index < -0.39 is 0 Å². The predicted octanol–water partition coefficient (Wildman–Crippen LogP) is 1.20. The van der Waals surface area contributed by atoms with E-state index >= 15 is 0 Å². The van der Waals surface area contributed by atoms with E-state index in [2.05, 4.69) is 29.2 Å². The number of nitrogens with one attached hydrogen (secondary N) is 1. The van der Waals surface area contributed by atoms with Crippen LogP contribution in [-0.4, -0.2) is 62.5 Å². The number of anilines is 1. The average molecular weight is 318 g/mol. The summed E-state index contributed by atoms with van der Waals surface area (Å²) in [5, 5.41) is 3.08. The highest BCUT2D eigenvalue weighted by molar-refractivity contribution is 5.78. The van der Waals surface area contributed by atoms with Gasteiger partial charge in [0.25, 0.3) is 0 Å². The number of nitrogens with two attached hydrogens (primary N) is 1. The minimum absolute atomic E-state index is 0.102.